The Morgan fingerprint density at radius 3 is 2.62 bits per heavy atom. The third-order valence-electron chi connectivity index (χ3n) is 3.73. The van der Waals surface area contributed by atoms with E-state index in [2.05, 4.69) is 20.8 Å². The van der Waals surface area contributed by atoms with Crippen molar-refractivity contribution in [2.24, 2.45) is 0 Å². The molecular weight excluding hydrogens is 374 g/mol. The third kappa shape index (κ3) is 4.43. The average Bonchev–Trinajstić information content (AvgIpc) is 2.57. The molecule has 1 aliphatic rings. The molecule has 0 saturated carbocycles. The van der Waals surface area contributed by atoms with Crippen molar-refractivity contribution in [2.45, 2.75) is 17.3 Å². The van der Waals surface area contributed by atoms with Gasteiger partial charge >= 0.3 is 10.2 Å². The van der Waals surface area contributed by atoms with Crippen LogP contribution in [0.5, 0.6) is 5.88 Å². The Hall–Kier alpha value is -2.35. The number of benzene rings is 1. The summed E-state index contributed by atoms with van der Waals surface area (Å²) in [4.78, 5) is 8.50. The predicted octanol–water partition coefficient (Wildman–Crippen LogP) is 2.01. The minimum Gasteiger partial charge on any atom is -0.481 e. The first-order chi connectivity index (χ1) is 12.5. The van der Waals surface area contributed by atoms with Crippen molar-refractivity contribution in [2.75, 3.05) is 24.9 Å². The Kier molecular flexibility index (Phi) is 5.61. The van der Waals surface area contributed by atoms with Crippen LogP contribution in [-0.4, -0.2) is 42.9 Å². The minimum atomic E-state index is -3.60. The molecule has 0 bridgehead atoms. The first-order valence-electron chi connectivity index (χ1n) is 7.83. The van der Waals surface area contributed by atoms with Gasteiger partial charge in [0.15, 0.2) is 5.16 Å². The van der Waals surface area contributed by atoms with Crippen LogP contribution in [0.2, 0.25) is 0 Å². The molecule has 1 aromatic carbocycles. The third-order valence-corrected chi connectivity index (χ3v) is 6.16. The first-order valence-corrected chi connectivity index (χ1v) is 10.3. The number of thioether (sulfide) groups is 1. The lowest BCUT2D eigenvalue weighted by atomic mass is 10.2. The van der Waals surface area contributed by atoms with Crippen LogP contribution >= 0.6 is 11.8 Å². The average molecular weight is 391 g/mol. The summed E-state index contributed by atoms with van der Waals surface area (Å²) in [6.07, 6.45) is 0.861. The van der Waals surface area contributed by atoms with Gasteiger partial charge < -0.3 is 4.74 Å². The largest absolute Gasteiger partial charge is 0.481 e. The fourth-order valence-electron chi connectivity index (χ4n) is 2.17. The Morgan fingerprint density at radius 2 is 2.04 bits per heavy atom. The number of nitrogens with one attached hydrogen (secondary N) is 1. The maximum absolute atomic E-state index is 12.2. The van der Waals surface area contributed by atoms with Gasteiger partial charge in [-0.15, -0.1) is 0 Å². The van der Waals surface area contributed by atoms with Gasteiger partial charge in [-0.3, -0.25) is 4.72 Å². The molecule has 0 unspecified atom stereocenters. The SMILES string of the molecule is COc1cc(NS(=O)(=O)N2CCC2)nc(SCc2ccc(C#N)cc2)n1. The number of anilines is 1. The molecule has 1 saturated heterocycles. The molecule has 2 aromatic rings. The Labute approximate surface area is 156 Å². The van der Waals surface area contributed by atoms with Crippen LogP contribution in [0.15, 0.2) is 35.5 Å². The van der Waals surface area contributed by atoms with E-state index in [0.29, 0.717) is 29.6 Å². The fraction of sp³-hybridized carbons (Fsp3) is 0.312. The number of methoxy groups -OCH3 is 1. The van der Waals surface area contributed by atoms with E-state index in [1.54, 1.807) is 12.1 Å². The zero-order valence-corrected chi connectivity index (χ0v) is 15.7. The topological polar surface area (TPSA) is 108 Å². The molecule has 0 amide bonds. The monoisotopic (exact) mass is 391 g/mol. The standard InChI is InChI=1S/C16H17N5O3S2/c1-24-15-9-14(20-26(22,23)21-7-2-8-21)18-16(19-15)25-11-13-5-3-12(10-17)4-6-13/h3-6,9H,2,7-8,11H2,1H3,(H,18,19,20). The van der Waals surface area contributed by atoms with Gasteiger partial charge in [0.05, 0.1) is 18.7 Å². The second-order valence-electron chi connectivity index (χ2n) is 5.54. The minimum absolute atomic E-state index is 0.172. The van der Waals surface area contributed by atoms with Gasteiger partial charge in [-0.25, -0.2) is 4.98 Å². The molecule has 8 nitrogen and oxygen atoms in total. The van der Waals surface area contributed by atoms with E-state index in [1.807, 2.05) is 12.1 Å². The maximum atomic E-state index is 12.2. The highest BCUT2D eigenvalue weighted by Crippen LogP contribution is 2.25. The van der Waals surface area contributed by atoms with E-state index >= 15 is 0 Å². The van der Waals surface area contributed by atoms with E-state index in [4.69, 9.17) is 10.00 Å². The highest BCUT2D eigenvalue weighted by molar-refractivity contribution is 7.98. The van der Waals surface area contributed by atoms with Crippen molar-refractivity contribution in [3.63, 3.8) is 0 Å². The molecule has 1 fully saturated rings. The first kappa shape index (κ1) is 18.4. The molecular formula is C16H17N5O3S2. The van der Waals surface area contributed by atoms with E-state index < -0.39 is 10.2 Å². The smallest absolute Gasteiger partial charge is 0.302 e. The molecule has 3 rings (SSSR count). The van der Waals surface area contributed by atoms with Crippen molar-refractivity contribution in [3.8, 4) is 11.9 Å². The van der Waals surface area contributed by atoms with Crippen molar-refractivity contribution in [1.82, 2.24) is 14.3 Å². The van der Waals surface area contributed by atoms with Crippen molar-refractivity contribution in [3.05, 3.63) is 41.5 Å². The van der Waals surface area contributed by atoms with Crippen LogP contribution < -0.4 is 9.46 Å². The summed E-state index contributed by atoms with van der Waals surface area (Å²) >= 11 is 1.35. The van der Waals surface area contributed by atoms with Gasteiger partial charge in [0.2, 0.25) is 5.88 Å². The number of hydrogen-bond donors (Lipinski definition) is 1. The second kappa shape index (κ2) is 7.90. The van der Waals surface area contributed by atoms with E-state index in [9.17, 15) is 8.42 Å². The molecule has 0 aliphatic carbocycles. The zero-order valence-electron chi connectivity index (χ0n) is 14.0. The lowest BCUT2D eigenvalue weighted by molar-refractivity contribution is 0.311. The summed E-state index contributed by atoms with van der Waals surface area (Å²) in [5, 5.41) is 9.23. The van der Waals surface area contributed by atoms with Crippen molar-refractivity contribution in [1.29, 1.82) is 5.26 Å². The van der Waals surface area contributed by atoms with E-state index in [-0.39, 0.29) is 11.7 Å². The maximum Gasteiger partial charge on any atom is 0.302 e. The molecule has 10 heteroatoms. The van der Waals surface area contributed by atoms with Crippen LogP contribution in [0.4, 0.5) is 5.82 Å². The number of ether oxygens (including phenoxy) is 1. The molecule has 0 atom stereocenters. The van der Waals surface area contributed by atoms with Gasteiger partial charge in [0, 0.05) is 24.9 Å². The quantitative estimate of drug-likeness (QED) is 0.568. The summed E-state index contributed by atoms with van der Waals surface area (Å²) < 4.78 is 33.4. The van der Waals surface area contributed by atoms with Crippen LogP contribution in [0.3, 0.4) is 0 Å². The fourth-order valence-corrected chi connectivity index (χ4v) is 4.22. The number of hydrogen-bond acceptors (Lipinski definition) is 7. The van der Waals surface area contributed by atoms with Gasteiger partial charge in [-0.1, -0.05) is 23.9 Å². The summed E-state index contributed by atoms with van der Waals surface area (Å²) in [6.45, 7) is 1.02. The molecule has 1 aromatic heterocycles. The summed E-state index contributed by atoms with van der Waals surface area (Å²) in [5.41, 5.74) is 1.60. The van der Waals surface area contributed by atoms with E-state index in [1.165, 1.54) is 29.2 Å². The van der Waals surface area contributed by atoms with E-state index in [0.717, 1.165) is 12.0 Å². The summed E-state index contributed by atoms with van der Waals surface area (Å²) in [7, 11) is -2.13. The van der Waals surface area contributed by atoms with Gasteiger partial charge in [0.1, 0.15) is 5.82 Å². The van der Waals surface area contributed by atoms with Crippen LogP contribution in [0.25, 0.3) is 0 Å². The molecule has 0 radical (unpaired) electrons. The molecule has 0 spiro atoms. The lowest BCUT2D eigenvalue weighted by Gasteiger charge is -2.29. The van der Waals surface area contributed by atoms with Crippen LogP contribution in [0, 0.1) is 11.3 Å². The van der Waals surface area contributed by atoms with Gasteiger partial charge in [-0.2, -0.15) is 23.0 Å². The number of aromatic nitrogens is 2. The van der Waals surface area contributed by atoms with Gasteiger partial charge in [0.25, 0.3) is 0 Å². The van der Waals surface area contributed by atoms with Crippen molar-refractivity contribution < 1.29 is 13.2 Å². The predicted molar refractivity (Wildman–Crippen MR) is 98.0 cm³/mol. The van der Waals surface area contributed by atoms with Gasteiger partial charge in [-0.05, 0) is 24.1 Å². The highest BCUT2D eigenvalue weighted by Gasteiger charge is 2.28. The Morgan fingerprint density at radius 1 is 1.31 bits per heavy atom. The summed E-state index contributed by atoms with van der Waals surface area (Å²) in [5.74, 6) is 1.03. The summed E-state index contributed by atoms with van der Waals surface area (Å²) in [6, 6.07) is 10.7. The molecule has 1 aliphatic heterocycles. The molecule has 136 valence electrons. The van der Waals surface area contributed by atoms with Crippen LogP contribution in [0.1, 0.15) is 17.5 Å². The lowest BCUT2D eigenvalue weighted by Crippen LogP contribution is -2.45. The van der Waals surface area contributed by atoms with Crippen molar-refractivity contribution >= 4 is 27.8 Å². The molecule has 1 N–H and O–H groups in total. The molecule has 26 heavy (non-hydrogen) atoms. The van der Waals surface area contributed by atoms with Crippen LogP contribution in [-0.2, 0) is 16.0 Å². The Balaban J connectivity index is 1.73. The normalized spacial score (nSPS) is 14.3. The number of nitrogens with zero attached hydrogens (tertiary/aromatic N) is 4. The number of rotatable bonds is 7. The Bertz CT molecular complexity index is 922. The number of nitriles is 1. The zero-order chi connectivity index (χ0) is 18.6. The molecule has 2 heterocycles. The second-order valence-corrected chi connectivity index (χ2v) is 8.15. The highest BCUT2D eigenvalue weighted by atomic mass is 32.2.